The molecule has 3 fully saturated rings. The number of pyridine rings is 1. The summed E-state index contributed by atoms with van der Waals surface area (Å²) >= 11 is 1.69. The van der Waals surface area contributed by atoms with E-state index < -0.39 is 0 Å². The van der Waals surface area contributed by atoms with E-state index in [9.17, 15) is 4.79 Å². The van der Waals surface area contributed by atoms with Crippen LogP contribution in [0.25, 0.3) is 10.6 Å². The number of nitrogens with zero attached hydrogens (tertiary/aromatic N) is 3. The molecular formula is C30H35N3OS. The van der Waals surface area contributed by atoms with Gasteiger partial charge in [0.1, 0.15) is 0 Å². The first-order valence-corrected chi connectivity index (χ1v) is 14.1. The summed E-state index contributed by atoms with van der Waals surface area (Å²) < 4.78 is 0. The Balaban J connectivity index is 1.28. The summed E-state index contributed by atoms with van der Waals surface area (Å²) in [5, 5.41) is 1.06. The summed E-state index contributed by atoms with van der Waals surface area (Å²) in [7, 11) is 0. The van der Waals surface area contributed by atoms with Gasteiger partial charge < -0.3 is 4.90 Å². The summed E-state index contributed by atoms with van der Waals surface area (Å²) in [6.07, 6.45) is 11.3. The van der Waals surface area contributed by atoms with Crippen molar-refractivity contribution in [2.24, 2.45) is 5.92 Å². The van der Waals surface area contributed by atoms with Crippen LogP contribution >= 0.6 is 11.3 Å². The summed E-state index contributed by atoms with van der Waals surface area (Å²) in [5.74, 6) is 0.676. The monoisotopic (exact) mass is 485 g/mol. The molecule has 0 bridgehead atoms. The number of rotatable bonds is 6. The molecule has 0 atom stereocenters. The lowest BCUT2D eigenvalue weighted by Crippen LogP contribution is -2.53. The smallest absolute Gasteiger partial charge is 0.317 e. The van der Waals surface area contributed by atoms with Gasteiger partial charge in [-0.25, -0.2) is 4.79 Å². The van der Waals surface area contributed by atoms with Crippen LogP contribution in [0.5, 0.6) is 0 Å². The normalized spacial score (nSPS) is 26.9. The minimum absolute atomic E-state index is 0.0464. The SMILES string of the molecule is CC[C@]1(c2ccccc2)CC[C@]2(CC1)CN(c1ccc(-c3ccccn3)s1)C(=O)N2CC1CCC1. The average molecular weight is 486 g/mol. The molecule has 5 heteroatoms. The van der Waals surface area contributed by atoms with Crippen molar-refractivity contribution < 1.29 is 4.79 Å². The van der Waals surface area contributed by atoms with Crippen molar-refractivity contribution in [1.29, 1.82) is 0 Å². The Hall–Kier alpha value is -2.66. The first-order valence-electron chi connectivity index (χ1n) is 13.3. The fourth-order valence-electron chi connectivity index (χ4n) is 6.55. The molecule has 3 heterocycles. The number of anilines is 1. The molecular weight excluding hydrogens is 450 g/mol. The van der Waals surface area contributed by atoms with Gasteiger partial charge in [0.05, 0.1) is 27.7 Å². The molecule has 3 aliphatic rings. The van der Waals surface area contributed by atoms with Gasteiger partial charge in [-0.1, -0.05) is 49.7 Å². The molecule has 2 aromatic heterocycles. The highest BCUT2D eigenvalue weighted by molar-refractivity contribution is 7.19. The van der Waals surface area contributed by atoms with Crippen LogP contribution in [0.1, 0.15) is 63.9 Å². The van der Waals surface area contributed by atoms with E-state index in [1.54, 1.807) is 11.3 Å². The zero-order valence-corrected chi connectivity index (χ0v) is 21.5. The first kappa shape index (κ1) is 22.8. The van der Waals surface area contributed by atoms with Crippen LogP contribution < -0.4 is 4.90 Å². The maximum Gasteiger partial charge on any atom is 0.325 e. The average Bonchev–Trinajstić information content (AvgIpc) is 3.47. The van der Waals surface area contributed by atoms with Crippen molar-refractivity contribution in [3.8, 4) is 10.6 Å². The van der Waals surface area contributed by atoms with Gasteiger partial charge in [-0.2, -0.15) is 0 Å². The van der Waals surface area contributed by atoms with Gasteiger partial charge in [0, 0.05) is 12.7 Å². The molecule has 2 amide bonds. The second-order valence-corrected chi connectivity index (χ2v) is 11.9. The van der Waals surface area contributed by atoms with Gasteiger partial charge >= 0.3 is 6.03 Å². The van der Waals surface area contributed by atoms with E-state index >= 15 is 0 Å². The largest absolute Gasteiger partial charge is 0.325 e. The highest BCUT2D eigenvalue weighted by atomic mass is 32.1. The second-order valence-electron chi connectivity index (χ2n) is 10.9. The van der Waals surface area contributed by atoms with Crippen molar-refractivity contribution in [2.75, 3.05) is 18.0 Å². The van der Waals surface area contributed by atoms with Crippen LogP contribution in [-0.2, 0) is 5.41 Å². The van der Waals surface area contributed by atoms with E-state index in [4.69, 9.17) is 0 Å². The van der Waals surface area contributed by atoms with Crippen LogP contribution in [0.3, 0.4) is 0 Å². The lowest BCUT2D eigenvalue weighted by molar-refractivity contribution is 0.0648. The predicted molar refractivity (Wildman–Crippen MR) is 144 cm³/mol. The van der Waals surface area contributed by atoms with Crippen LogP contribution in [0.2, 0.25) is 0 Å². The van der Waals surface area contributed by atoms with E-state index in [0.717, 1.165) is 60.8 Å². The van der Waals surface area contributed by atoms with Crippen LogP contribution in [-0.4, -0.2) is 34.5 Å². The summed E-state index contributed by atoms with van der Waals surface area (Å²) in [4.78, 5) is 24.0. The fourth-order valence-corrected chi connectivity index (χ4v) is 7.53. The van der Waals surface area contributed by atoms with Crippen LogP contribution in [0.4, 0.5) is 9.80 Å². The van der Waals surface area contributed by atoms with Crippen molar-refractivity contribution in [2.45, 2.75) is 69.2 Å². The first-order chi connectivity index (χ1) is 17.1. The number of benzene rings is 1. The fraction of sp³-hybridized carbons (Fsp3) is 0.467. The Morgan fingerprint density at radius 2 is 1.74 bits per heavy atom. The van der Waals surface area contributed by atoms with E-state index in [2.05, 4.69) is 64.2 Å². The maximum absolute atomic E-state index is 13.9. The molecule has 0 N–H and O–H groups in total. The molecule has 182 valence electrons. The minimum atomic E-state index is -0.0464. The number of hydrogen-bond donors (Lipinski definition) is 0. The molecule has 2 aliphatic carbocycles. The molecule has 1 aromatic carbocycles. The summed E-state index contributed by atoms with van der Waals surface area (Å²) in [5.41, 5.74) is 2.64. The molecule has 1 aliphatic heterocycles. The van der Waals surface area contributed by atoms with Crippen molar-refractivity contribution in [1.82, 2.24) is 9.88 Å². The Morgan fingerprint density at radius 3 is 2.40 bits per heavy atom. The van der Waals surface area contributed by atoms with Gasteiger partial charge in [0.15, 0.2) is 0 Å². The predicted octanol–water partition coefficient (Wildman–Crippen LogP) is 7.51. The van der Waals surface area contributed by atoms with Gasteiger partial charge in [0.2, 0.25) is 0 Å². The third kappa shape index (κ3) is 3.98. The van der Waals surface area contributed by atoms with Gasteiger partial charge in [-0.3, -0.25) is 9.88 Å². The number of hydrogen-bond acceptors (Lipinski definition) is 3. The topological polar surface area (TPSA) is 36.4 Å². The zero-order chi connectivity index (χ0) is 23.9. The maximum atomic E-state index is 13.9. The third-order valence-electron chi connectivity index (χ3n) is 9.13. The lowest BCUT2D eigenvalue weighted by Gasteiger charge is -2.49. The van der Waals surface area contributed by atoms with Gasteiger partial charge in [-0.05, 0) is 86.1 Å². The molecule has 1 saturated heterocycles. The Kier molecular flexibility index (Phi) is 5.92. The van der Waals surface area contributed by atoms with Crippen LogP contribution in [0, 0.1) is 5.92 Å². The number of amides is 2. The summed E-state index contributed by atoms with van der Waals surface area (Å²) in [6, 6.07) is 21.6. The lowest BCUT2D eigenvalue weighted by atomic mass is 9.62. The quantitative estimate of drug-likeness (QED) is 0.362. The standard InChI is InChI=1S/C30H35N3OS/c1-2-29(24-11-4-3-5-12-24)16-18-30(19-17-29)22-32(28(34)33(30)21-23-9-8-10-23)27-15-14-26(35-27)25-13-6-7-20-31-25/h3-7,11-15,20,23H,2,8-10,16-19,21-22H2,1H3/t29-,30-. The number of carbonyl (C=O) groups is 1. The van der Waals surface area contributed by atoms with E-state index in [-0.39, 0.29) is 17.0 Å². The second kappa shape index (κ2) is 9.09. The summed E-state index contributed by atoms with van der Waals surface area (Å²) in [6.45, 7) is 4.08. The van der Waals surface area contributed by atoms with E-state index in [1.165, 1.54) is 24.8 Å². The Bertz CT molecular complexity index is 1160. The van der Waals surface area contributed by atoms with Crippen LogP contribution in [0.15, 0.2) is 66.9 Å². The minimum Gasteiger partial charge on any atom is -0.317 e. The highest BCUT2D eigenvalue weighted by Crippen LogP contribution is 2.51. The molecule has 2 saturated carbocycles. The Morgan fingerprint density at radius 1 is 0.971 bits per heavy atom. The molecule has 0 radical (unpaired) electrons. The molecule has 6 rings (SSSR count). The third-order valence-corrected chi connectivity index (χ3v) is 10.3. The van der Waals surface area contributed by atoms with E-state index in [1.807, 2.05) is 24.4 Å². The van der Waals surface area contributed by atoms with Crippen molar-refractivity contribution >= 4 is 22.4 Å². The number of carbonyl (C=O) groups excluding carboxylic acids is 1. The van der Waals surface area contributed by atoms with Gasteiger partial charge in [-0.15, -0.1) is 11.3 Å². The van der Waals surface area contributed by atoms with Gasteiger partial charge in [0.25, 0.3) is 0 Å². The molecule has 0 unspecified atom stereocenters. The molecule has 1 spiro atoms. The number of thiophene rings is 1. The Labute approximate surface area is 213 Å². The van der Waals surface area contributed by atoms with Crippen molar-refractivity contribution in [3.05, 3.63) is 72.4 Å². The zero-order valence-electron chi connectivity index (χ0n) is 20.7. The molecule has 35 heavy (non-hydrogen) atoms. The molecule has 4 nitrogen and oxygen atoms in total. The van der Waals surface area contributed by atoms with Crippen molar-refractivity contribution in [3.63, 3.8) is 0 Å². The molecule has 3 aromatic rings. The highest BCUT2D eigenvalue weighted by Gasteiger charge is 2.54. The van der Waals surface area contributed by atoms with E-state index in [0.29, 0.717) is 5.92 Å². The number of aromatic nitrogens is 1. The number of urea groups is 1.